The summed E-state index contributed by atoms with van der Waals surface area (Å²) >= 11 is 0. The van der Waals surface area contributed by atoms with Gasteiger partial charge in [-0.15, -0.1) is 0 Å². The number of rotatable bonds is 7. The highest BCUT2D eigenvalue weighted by molar-refractivity contribution is 5.79. The first-order chi connectivity index (χ1) is 8.05. The molecule has 1 atom stereocenters. The molecule has 18 heavy (non-hydrogen) atoms. The Kier molecular flexibility index (Phi) is 6.39. The first-order valence-electron chi connectivity index (χ1n) is 7.36. The van der Waals surface area contributed by atoms with Crippen LogP contribution in [0.5, 0.6) is 0 Å². The number of hydrogen-bond acceptors (Lipinski definition) is 1. The van der Waals surface area contributed by atoms with Gasteiger partial charge in [-0.3, -0.25) is 4.79 Å². The molecule has 0 spiro atoms. The van der Waals surface area contributed by atoms with Gasteiger partial charge in [0.25, 0.3) is 0 Å². The summed E-state index contributed by atoms with van der Waals surface area (Å²) in [7, 11) is 0. The van der Waals surface area contributed by atoms with Gasteiger partial charge in [-0.2, -0.15) is 0 Å². The molecule has 1 unspecified atom stereocenters. The largest absolute Gasteiger partial charge is 0.354 e. The van der Waals surface area contributed by atoms with E-state index in [4.69, 9.17) is 0 Å². The highest BCUT2D eigenvalue weighted by atomic mass is 16.2. The van der Waals surface area contributed by atoms with Gasteiger partial charge in [0.1, 0.15) is 0 Å². The van der Waals surface area contributed by atoms with Crippen LogP contribution in [0.1, 0.15) is 74.7 Å². The van der Waals surface area contributed by atoms with Crippen LogP contribution in [-0.4, -0.2) is 11.9 Å². The summed E-state index contributed by atoms with van der Waals surface area (Å²) in [5.41, 5.74) is 0.289. The van der Waals surface area contributed by atoms with Crippen molar-refractivity contribution in [2.75, 3.05) is 0 Å². The molecule has 2 nitrogen and oxygen atoms in total. The van der Waals surface area contributed by atoms with Crippen molar-refractivity contribution in [3.05, 3.63) is 0 Å². The van der Waals surface area contributed by atoms with E-state index < -0.39 is 0 Å². The number of carbonyl (C=O) groups excluding carboxylic acids is 1. The molecule has 0 heterocycles. The van der Waals surface area contributed by atoms with Crippen molar-refractivity contribution >= 4 is 5.91 Å². The predicted molar refractivity (Wildman–Crippen MR) is 79.5 cm³/mol. The van der Waals surface area contributed by atoms with E-state index in [-0.39, 0.29) is 28.7 Å². The Morgan fingerprint density at radius 2 is 1.56 bits per heavy atom. The van der Waals surface area contributed by atoms with E-state index >= 15 is 0 Å². The van der Waals surface area contributed by atoms with Crippen molar-refractivity contribution in [2.24, 2.45) is 16.7 Å². The molecule has 0 aliphatic carbocycles. The fourth-order valence-electron chi connectivity index (χ4n) is 2.05. The van der Waals surface area contributed by atoms with Crippen LogP contribution in [0.3, 0.4) is 0 Å². The smallest absolute Gasteiger partial charge is 0.223 e. The second-order valence-corrected chi connectivity index (χ2v) is 7.28. The molecule has 0 aliphatic rings. The van der Waals surface area contributed by atoms with Crippen molar-refractivity contribution in [1.29, 1.82) is 0 Å². The summed E-state index contributed by atoms with van der Waals surface area (Å²) < 4.78 is 0. The van der Waals surface area contributed by atoms with Crippen LogP contribution in [0.2, 0.25) is 0 Å². The maximum Gasteiger partial charge on any atom is 0.223 e. The van der Waals surface area contributed by atoms with Crippen LogP contribution in [0.25, 0.3) is 0 Å². The second-order valence-electron chi connectivity index (χ2n) is 7.28. The fourth-order valence-corrected chi connectivity index (χ4v) is 2.05. The van der Waals surface area contributed by atoms with E-state index in [1.165, 1.54) is 0 Å². The van der Waals surface area contributed by atoms with Gasteiger partial charge in [0.15, 0.2) is 0 Å². The summed E-state index contributed by atoms with van der Waals surface area (Å²) in [5.74, 6) is 0.318. The third-order valence-electron chi connectivity index (χ3n) is 4.32. The predicted octanol–water partition coefficient (Wildman–Crippen LogP) is 4.39. The van der Waals surface area contributed by atoms with Crippen LogP contribution in [-0.2, 0) is 4.79 Å². The molecule has 108 valence electrons. The molecule has 2 heteroatoms. The lowest BCUT2D eigenvalue weighted by Gasteiger charge is -2.38. The Hall–Kier alpha value is -0.530. The van der Waals surface area contributed by atoms with Gasteiger partial charge in [-0.1, -0.05) is 54.4 Å². The van der Waals surface area contributed by atoms with E-state index in [2.05, 4.69) is 46.9 Å². The molecule has 0 bridgehead atoms. The minimum absolute atomic E-state index is 0.0609. The Balaban J connectivity index is 5.01. The van der Waals surface area contributed by atoms with Gasteiger partial charge >= 0.3 is 0 Å². The first kappa shape index (κ1) is 17.5. The molecule has 0 rings (SSSR count). The van der Waals surface area contributed by atoms with E-state index in [1.54, 1.807) is 0 Å². The molecular weight excluding hydrogens is 222 g/mol. The molecule has 0 fully saturated rings. The molecule has 0 saturated carbocycles. The number of carbonyl (C=O) groups is 1. The van der Waals surface area contributed by atoms with Crippen molar-refractivity contribution in [2.45, 2.75) is 80.7 Å². The zero-order chi connectivity index (χ0) is 14.6. The SMILES string of the molecule is CCC(C)(C)CC(C(=O)NC(C)C)C(C)(C)CC. The van der Waals surface area contributed by atoms with E-state index in [1.807, 2.05) is 13.8 Å². The standard InChI is InChI=1S/C16H33NO/c1-9-15(5,6)11-13(16(7,8)10-2)14(18)17-12(3)4/h12-13H,9-11H2,1-8H3,(H,17,18). The monoisotopic (exact) mass is 255 g/mol. The van der Waals surface area contributed by atoms with Crippen LogP contribution in [0.4, 0.5) is 0 Å². The minimum atomic E-state index is 0.0609. The van der Waals surface area contributed by atoms with E-state index in [0.29, 0.717) is 0 Å². The van der Waals surface area contributed by atoms with E-state index in [0.717, 1.165) is 19.3 Å². The van der Waals surface area contributed by atoms with Crippen LogP contribution in [0.15, 0.2) is 0 Å². The number of hydrogen-bond donors (Lipinski definition) is 1. The zero-order valence-corrected chi connectivity index (χ0v) is 13.7. The van der Waals surface area contributed by atoms with Crippen molar-refractivity contribution < 1.29 is 4.79 Å². The van der Waals surface area contributed by atoms with Gasteiger partial charge < -0.3 is 5.32 Å². The average molecular weight is 255 g/mol. The molecule has 0 aromatic carbocycles. The van der Waals surface area contributed by atoms with Crippen molar-refractivity contribution in [1.82, 2.24) is 5.32 Å². The van der Waals surface area contributed by atoms with E-state index in [9.17, 15) is 4.79 Å². The molecule has 0 aliphatic heterocycles. The Labute approximate surface area is 114 Å². The van der Waals surface area contributed by atoms with Crippen molar-refractivity contribution in [3.63, 3.8) is 0 Å². The molecule has 0 saturated heterocycles. The van der Waals surface area contributed by atoms with Gasteiger partial charge in [0.05, 0.1) is 0 Å². The number of nitrogens with one attached hydrogen (secondary N) is 1. The molecular formula is C16H33NO. The topological polar surface area (TPSA) is 29.1 Å². The van der Waals surface area contributed by atoms with Gasteiger partial charge in [-0.05, 0) is 31.1 Å². The van der Waals surface area contributed by atoms with Crippen molar-refractivity contribution in [3.8, 4) is 0 Å². The summed E-state index contributed by atoms with van der Waals surface area (Å²) in [6.07, 6.45) is 3.10. The Morgan fingerprint density at radius 1 is 1.06 bits per heavy atom. The normalized spacial score (nSPS) is 14.7. The molecule has 0 radical (unpaired) electrons. The summed E-state index contributed by atoms with van der Waals surface area (Å²) in [6.45, 7) is 17.4. The average Bonchev–Trinajstić information content (AvgIpc) is 2.24. The third-order valence-corrected chi connectivity index (χ3v) is 4.32. The first-order valence-corrected chi connectivity index (χ1v) is 7.36. The fraction of sp³-hybridized carbons (Fsp3) is 0.938. The highest BCUT2D eigenvalue weighted by Crippen LogP contribution is 2.40. The molecule has 0 aromatic rings. The van der Waals surface area contributed by atoms with Gasteiger partial charge in [-0.25, -0.2) is 0 Å². The third kappa shape index (κ3) is 5.41. The molecule has 0 aromatic heterocycles. The van der Waals surface area contributed by atoms with Crippen LogP contribution in [0, 0.1) is 16.7 Å². The van der Waals surface area contributed by atoms with Gasteiger partial charge in [0.2, 0.25) is 5.91 Å². The summed E-state index contributed by atoms with van der Waals surface area (Å²) in [4.78, 5) is 12.4. The lowest BCUT2D eigenvalue weighted by atomic mass is 9.68. The molecule has 1 amide bonds. The Bertz CT molecular complexity index is 266. The lowest BCUT2D eigenvalue weighted by Crippen LogP contribution is -2.43. The molecule has 1 N–H and O–H groups in total. The van der Waals surface area contributed by atoms with Crippen LogP contribution < -0.4 is 5.32 Å². The summed E-state index contributed by atoms with van der Waals surface area (Å²) in [6, 6.07) is 0.220. The minimum Gasteiger partial charge on any atom is -0.354 e. The lowest BCUT2D eigenvalue weighted by molar-refractivity contribution is -0.130. The summed E-state index contributed by atoms with van der Waals surface area (Å²) in [5, 5.41) is 3.09. The van der Waals surface area contributed by atoms with Crippen LogP contribution >= 0.6 is 0 Å². The van der Waals surface area contributed by atoms with Gasteiger partial charge in [0, 0.05) is 12.0 Å². The second kappa shape index (κ2) is 6.58. The Morgan fingerprint density at radius 3 is 1.89 bits per heavy atom. The highest BCUT2D eigenvalue weighted by Gasteiger charge is 2.37. The number of amides is 1. The zero-order valence-electron chi connectivity index (χ0n) is 13.7. The maximum atomic E-state index is 12.4. The quantitative estimate of drug-likeness (QED) is 0.718. The maximum absolute atomic E-state index is 12.4.